The lowest BCUT2D eigenvalue weighted by atomic mass is 10.0. The van der Waals surface area contributed by atoms with Gasteiger partial charge in [0.2, 0.25) is 0 Å². The standard InChI is InChI=1S/C17H27BrO3Si/c1-17(2,3)22(4,5)21-15(10-7-11-16(19)20)13-8-6-9-14(18)12-13/h6,8-9,12,15H,7,10-11H2,1-5H3,(H,19,20). The van der Waals surface area contributed by atoms with E-state index in [1.165, 1.54) is 0 Å². The third-order valence-electron chi connectivity index (χ3n) is 4.32. The van der Waals surface area contributed by atoms with Crippen LogP contribution in [0.5, 0.6) is 0 Å². The SMILES string of the molecule is CC(C)(C)[Si](C)(C)OC(CCCC(=O)O)c1cccc(Br)c1. The minimum atomic E-state index is -1.91. The molecule has 0 aromatic heterocycles. The molecule has 1 N–H and O–H groups in total. The molecule has 0 amide bonds. The molecule has 0 heterocycles. The van der Waals surface area contributed by atoms with Gasteiger partial charge in [-0.1, -0.05) is 48.8 Å². The van der Waals surface area contributed by atoms with E-state index in [1.807, 2.05) is 12.1 Å². The van der Waals surface area contributed by atoms with E-state index in [-0.39, 0.29) is 17.6 Å². The van der Waals surface area contributed by atoms with Crippen LogP contribution in [0.3, 0.4) is 0 Å². The highest BCUT2D eigenvalue weighted by Gasteiger charge is 2.39. The molecule has 0 aliphatic carbocycles. The molecule has 124 valence electrons. The van der Waals surface area contributed by atoms with Crippen molar-refractivity contribution in [2.24, 2.45) is 0 Å². The van der Waals surface area contributed by atoms with Crippen molar-refractivity contribution in [1.29, 1.82) is 0 Å². The molecular formula is C17H27BrO3Si. The van der Waals surface area contributed by atoms with Crippen molar-refractivity contribution in [2.45, 2.75) is 64.3 Å². The van der Waals surface area contributed by atoms with Crippen LogP contribution in [-0.4, -0.2) is 19.4 Å². The van der Waals surface area contributed by atoms with E-state index in [0.29, 0.717) is 6.42 Å². The predicted molar refractivity (Wildman–Crippen MR) is 96.7 cm³/mol. The van der Waals surface area contributed by atoms with Crippen LogP contribution in [-0.2, 0) is 9.22 Å². The molecule has 0 fully saturated rings. The third-order valence-corrected chi connectivity index (χ3v) is 9.30. The number of hydrogen-bond acceptors (Lipinski definition) is 2. The van der Waals surface area contributed by atoms with Gasteiger partial charge < -0.3 is 9.53 Å². The summed E-state index contributed by atoms with van der Waals surface area (Å²) >= 11 is 3.50. The Bertz CT molecular complexity index is 509. The lowest BCUT2D eigenvalue weighted by molar-refractivity contribution is -0.137. The summed E-state index contributed by atoms with van der Waals surface area (Å²) in [7, 11) is -1.91. The first kappa shape index (κ1) is 19.4. The molecule has 5 heteroatoms. The summed E-state index contributed by atoms with van der Waals surface area (Å²) in [5.74, 6) is -0.750. The van der Waals surface area contributed by atoms with E-state index in [4.69, 9.17) is 9.53 Å². The summed E-state index contributed by atoms with van der Waals surface area (Å²) in [5, 5.41) is 8.99. The number of benzene rings is 1. The zero-order valence-corrected chi connectivity index (χ0v) is 16.7. The van der Waals surface area contributed by atoms with E-state index in [9.17, 15) is 4.79 Å². The van der Waals surface area contributed by atoms with Crippen LogP contribution in [0.1, 0.15) is 51.7 Å². The van der Waals surface area contributed by atoms with Crippen LogP contribution >= 0.6 is 15.9 Å². The summed E-state index contributed by atoms with van der Waals surface area (Å²) in [6.45, 7) is 11.1. The van der Waals surface area contributed by atoms with E-state index in [1.54, 1.807) is 0 Å². The van der Waals surface area contributed by atoms with Crippen molar-refractivity contribution < 1.29 is 14.3 Å². The summed E-state index contributed by atoms with van der Waals surface area (Å²) in [4.78, 5) is 10.8. The van der Waals surface area contributed by atoms with Crippen LogP contribution in [0.15, 0.2) is 28.7 Å². The first-order valence-corrected chi connectivity index (χ1v) is 11.4. The number of aliphatic carboxylic acids is 1. The molecule has 1 aromatic rings. The lowest BCUT2D eigenvalue weighted by Gasteiger charge is -2.39. The Kier molecular flexibility index (Phi) is 6.83. The van der Waals surface area contributed by atoms with Crippen molar-refractivity contribution in [3.63, 3.8) is 0 Å². The van der Waals surface area contributed by atoms with Gasteiger partial charge in [-0.3, -0.25) is 4.79 Å². The number of carbonyl (C=O) groups is 1. The molecule has 3 nitrogen and oxygen atoms in total. The zero-order valence-electron chi connectivity index (χ0n) is 14.1. The maximum absolute atomic E-state index is 10.8. The summed E-state index contributed by atoms with van der Waals surface area (Å²) in [6, 6.07) is 8.12. The van der Waals surface area contributed by atoms with Crippen molar-refractivity contribution in [2.75, 3.05) is 0 Å². The largest absolute Gasteiger partial charge is 0.481 e. The Balaban J connectivity index is 2.94. The second kappa shape index (κ2) is 7.75. The topological polar surface area (TPSA) is 46.5 Å². The van der Waals surface area contributed by atoms with Gasteiger partial charge in [0, 0.05) is 10.9 Å². The molecule has 1 rings (SSSR count). The van der Waals surface area contributed by atoms with Crippen LogP contribution < -0.4 is 0 Å². The fraction of sp³-hybridized carbons (Fsp3) is 0.588. The molecule has 22 heavy (non-hydrogen) atoms. The maximum atomic E-state index is 10.8. The van der Waals surface area contributed by atoms with Gasteiger partial charge in [-0.25, -0.2) is 0 Å². The van der Waals surface area contributed by atoms with Gasteiger partial charge in [0.05, 0.1) is 6.10 Å². The normalized spacial score (nSPS) is 13.9. The van der Waals surface area contributed by atoms with Gasteiger partial charge >= 0.3 is 5.97 Å². The zero-order chi connectivity index (χ0) is 17.0. The molecule has 0 saturated carbocycles. The maximum Gasteiger partial charge on any atom is 0.303 e. The number of halogens is 1. The number of carboxylic acids is 1. The quantitative estimate of drug-likeness (QED) is 0.605. The smallest absolute Gasteiger partial charge is 0.303 e. The molecule has 0 aliphatic heterocycles. The Morgan fingerprint density at radius 3 is 2.50 bits per heavy atom. The van der Waals surface area contributed by atoms with Gasteiger partial charge in [0.15, 0.2) is 8.32 Å². The highest BCUT2D eigenvalue weighted by Crippen LogP contribution is 2.41. The summed E-state index contributed by atoms with van der Waals surface area (Å²) in [5.41, 5.74) is 1.12. The lowest BCUT2D eigenvalue weighted by Crippen LogP contribution is -2.41. The number of rotatable bonds is 7. The van der Waals surface area contributed by atoms with Crippen LogP contribution in [0.2, 0.25) is 18.1 Å². The average Bonchev–Trinajstić information content (AvgIpc) is 2.35. The Labute approximate surface area is 143 Å². The van der Waals surface area contributed by atoms with Crippen molar-refractivity contribution in [3.05, 3.63) is 34.3 Å². The number of carboxylic acid groups (broad SMARTS) is 1. The molecule has 0 aliphatic rings. The molecule has 1 unspecified atom stereocenters. The minimum absolute atomic E-state index is 0.0438. The minimum Gasteiger partial charge on any atom is -0.481 e. The van der Waals surface area contributed by atoms with Gasteiger partial charge in [0.1, 0.15) is 0 Å². The third kappa shape index (κ3) is 5.86. The van der Waals surface area contributed by atoms with Crippen molar-refractivity contribution in [3.8, 4) is 0 Å². The summed E-state index contributed by atoms with van der Waals surface area (Å²) in [6.07, 6.45) is 1.50. The Hall–Kier alpha value is -0.653. The van der Waals surface area contributed by atoms with Crippen molar-refractivity contribution >= 4 is 30.2 Å². The molecule has 0 spiro atoms. The molecule has 0 saturated heterocycles. The fourth-order valence-corrected chi connectivity index (χ4v) is 3.71. The van der Waals surface area contributed by atoms with Crippen LogP contribution in [0.25, 0.3) is 0 Å². The highest BCUT2D eigenvalue weighted by molar-refractivity contribution is 9.10. The highest BCUT2D eigenvalue weighted by atomic mass is 79.9. The van der Waals surface area contributed by atoms with Gasteiger partial charge in [0.25, 0.3) is 0 Å². The summed E-state index contributed by atoms with van der Waals surface area (Å²) < 4.78 is 7.57. The van der Waals surface area contributed by atoms with Crippen LogP contribution in [0, 0.1) is 0 Å². The van der Waals surface area contributed by atoms with Crippen molar-refractivity contribution in [1.82, 2.24) is 0 Å². The Morgan fingerprint density at radius 2 is 2.00 bits per heavy atom. The van der Waals surface area contributed by atoms with E-state index < -0.39 is 14.3 Å². The first-order valence-electron chi connectivity index (χ1n) is 7.68. The van der Waals surface area contributed by atoms with E-state index in [0.717, 1.165) is 16.5 Å². The monoisotopic (exact) mass is 386 g/mol. The average molecular weight is 387 g/mol. The van der Waals surface area contributed by atoms with E-state index in [2.05, 4.69) is 61.9 Å². The number of hydrogen-bond donors (Lipinski definition) is 1. The van der Waals surface area contributed by atoms with Gasteiger partial charge in [-0.2, -0.15) is 0 Å². The molecule has 1 aromatic carbocycles. The van der Waals surface area contributed by atoms with E-state index >= 15 is 0 Å². The van der Waals surface area contributed by atoms with Crippen LogP contribution in [0.4, 0.5) is 0 Å². The second-order valence-electron chi connectivity index (χ2n) is 7.21. The van der Waals surface area contributed by atoms with Gasteiger partial charge in [-0.05, 0) is 48.7 Å². The molecule has 0 radical (unpaired) electrons. The first-order chi connectivity index (χ1) is 10.0. The predicted octanol–water partition coefficient (Wildman–Crippen LogP) is 5.77. The second-order valence-corrected chi connectivity index (χ2v) is 12.9. The Morgan fingerprint density at radius 1 is 1.36 bits per heavy atom. The van der Waals surface area contributed by atoms with Gasteiger partial charge in [-0.15, -0.1) is 0 Å². The molecule has 1 atom stereocenters. The fourth-order valence-electron chi connectivity index (χ4n) is 1.97. The molecule has 0 bridgehead atoms. The molecular weight excluding hydrogens is 360 g/mol.